The molecule has 5 nitrogen and oxygen atoms in total. The van der Waals surface area contributed by atoms with Gasteiger partial charge < -0.3 is 10.1 Å². The van der Waals surface area contributed by atoms with Crippen molar-refractivity contribution in [1.29, 1.82) is 0 Å². The Hall–Kier alpha value is -3.08. The third-order valence-corrected chi connectivity index (χ3v) is 3.83. The molecule has 2 aromatic carbocycles. The zero-order valence-electron chi connectivity index (χ0n) is 14.4. The largest absolute Gasteiger partial charge is 0.494 e. The van der Waals surface area contributed by atoms with Crippen LogP contribution in [-0.2, 0) is 6.54 Å². The molecule has 1 heterocycles. The summed E-state index contributed by atoms with van der Waals surface area (Å²) in [7, 11) is 0. The standard InChI is InChI=1S/C20H21N3O2/c1-3-25-17-6-4-5-15(11-17)13-21-20(24)19-12-18(22-23-19)16-9-7-14(2)8-10-16/h4-12H,3,13H2,1-2H3,(H,21,24)(H,22,23). The molecule has 3 rings (SSSR count). The van der Waals surface area contributed by atoms with Gasteiger partial charge in [0.1, 0.15) is 11.4 Å². The number of aryl methyl sites for hydroxylation is 1. The number of H-pyrrole nitrogens is 1. The highest BCUT2D eigenvalue weighted by Gasteiger charge is 2.11. The van der Waals surface area contributed by atoms with Crippen molar-refractivity contribution >= 4 is 5.91 Å². The Labute approximate surface area is 147 Å². The lowest BCUT2D eigenvalue weighted by Crippen LogP contribution is -2.23. The van der Waals surface area contributed by atoms with Gasteiger partial charge in [-0.25, -0.2) is 0 Å². The summed E-state index contributed by atoms with van der Waals surface area (Å²) < 4.78 is 5.47. The van der Waals surface area contributed by atoms with Gasteiger partial charge in [-0.1, -0.05) is 42.0 Å². The molecule has 0 aliphatic heterocycles. The predicted molar refractivity (Wildman–Crippen MR) is 97.5 cm³/mol. The number of ether oxygens (including phenoxy) is 1. The fourth-order valence-corrected chi connectivity index (χ4v) is 2.50. The second kappa shape index (κ2) is 7.66. The number of carbonyl (C=O) groups is 1. The van der Waals surface area contributed by atoms with Gasteiger partial charge in [0, 0.05) is 12.1 Å². The van der Waals surface area contributed by atoms with Gasteiger partial charge in [-0.3, -0.25) is 9.89 Å². The summed E-state index contributed by atoms with van der Waals surface area (Å²) in [5.41, 5.74) is 4.34. The molecular weight excluding hydrogens is 314 g/mol. The van der Waals surface area contributed by atoms with Crippen molar-refractivity contribution in [2.45, 2.75) is 20.4 Å². The van der Waals surface area contributed by atoms with E-state index in [1.165, 1.54) is 5.56 Å². The van der Waals surface area contributed by atoms with E-state index in [4.69, 9.17) is 4.74 Å². The van der Waals surface area contributed by atoms with E-state index in [1.807, 2.05) is 62.4 Å². The van der Waals surface area contributed by atoms with Crippen LogP contribution < -0.4 is 10.1 Å². The molecule has 0 unspecified atom stereocenters. The van der Waals surface area contributed by atoms with Crippen molar-refractivity contribution in [3.8, 4) is 17.0 Å². The number of rotatable bonds is 6. The number of nitrogens with zero attached hydrogens (tertiary/aromatic N) is 1. The van der Waals surface area contributed by atoms with Crippen LogP contribution in [-0.4, -0.2) is 22.7 Å². The molecule has 5 heteroatoms. The van der Waals surface area contributed by atoms with Crippen LogP contribution in [0.5, 0.6) is 5.75 Å². The van der Waals surface area contributed by atoms with Crippen LogP contribution >= 0.6 is 0 Å². The van der Waals surface area contributed by atoms with Gasteiger partial charge in [0.15, 0.2) is 0 Å². The second-order valence-corrected chi connectivity index (χ2v) is 5.80. The Morgan fingerprint density at radius 2 is 1.96 bits per heavy atom. The SMILES string of the molecule is CCOc1cccc(CNC(=O)c2cc(-c3ccc(C)cc3)n[nH]2)c1. The maximum atomic E-state index is 12.3. The smallest absolute Gasteiger partial charge is 0.269 e. The Kier molecular flexibility index (Phi) is 5.14. The van der Waals surface area contributed by atoms with E-state index in [2.05, 4.69) is 15.5 Å². The van der Waals surface area contributed by atoms with Gasteiger partial charge in [0.2, 0.25) is 0 Å². The zero-order chi connectivity index (χ0) is 17.6. The van der Waals surface area contributed by atoms with Crippen LogP contribution in [0.2, 0.25) is 0 Å². The van der Waals surface area contributed by atoms with Crippen LogP contribution in [0.15, 0.2) is 54.6 Å². The molecule has 0 aliphatic carbocycles. The van der Waals surface area contributed by atoms with Crippen molar-refractivity contribution in [3.05, 3.63) is 71.4 Å². The maximum Gasteiger partial charge on any atom is 0.269 e. The van der Waals surface area contributed by atoms with Gasteiger partial charge in [0.05, 0.1) is 12.3 Å². The number of aromatic amines is 1. The third kappa shape index (κ3) is 4.26. The van der Waals surface area contributed by atoms with Crippen molar-refractivity contribution in [2.24, 2.45) is 0 Å². The normalized spacial score (nSPS) is 10.5. The molecule has 128 valence electrons. The van der Waals surface area contributed by atoms with E-state index in [0.717, 1.165) is 22.6 Å². The van der Waals surface area contributed by atoms with Gasteiger partial charge in [-0.2, -0.15) is 5.10 Å². The minimum atomic E-state index is -0.187. The first-order chi connectivity index (χ1) is 12.2. The molecule has 1 amide bonds. The molecule has 1 aromatic heterocycles. The number of hydrogen-bond donors (Lipinski definition) is 2. The topological polar surface area (TPSA) is 67.0 Å². The minimum absolute atomic E-state index is 0.187. The van der Waals surface area contributed by atoms with Crippen molar-refractivity contribution < 1.29 is 9.53 Å². The molecule has 0 fully saturated rings. The van der Waals surface area contributed by atoms with Crippen molar-refractivity contribution in [1.82, 2.24) is 15.5 Å². The highest BCUT2D eigenvalue weighted by molar-refractivity contribution is 5.93. The lowest BCUT2D eigenvalue weighted by Gasteiger charge is -2.07. The average Bonchev–Trinajstić information content (AvgIpc) is 3.11. The summed E-state index contributed by atoms with van der Waals surface area (Å²) in [6, 6.07) is 17.5. The number of hydrogen-bond acceptors (Lipinski definition) is 3. The van der Waals surface area contributed by atoms with Gasteiger partial charge >= 0.3 is 0 Å². The highest BCUT2D eigenvalue weighted by atomic mass is 16.5. The molecule has 0 atom stereocenters. The predicted octanol–water partition coefficient (Wildman–Crippen LogP) is 3.71. The lowest BCUT2D eigenvalue weighted by atomic mass is 10.1. The van der Waals surface area contributed by atoms with Crippen molar-refractivity contribution in [2.75, 3.05) is 6.61 Å². The molecule has 0 radical (unpaired) electrons. The van der Waals surface area contributed by atoms with E-state index >= 15 is 0 Å². The van der Waals surface area contributed by atoms with Crippen LogP contribution in [0.3, 0.4) is 0 Å². The third-order valence-electron chi connectivity index (χ3n) is 3.83. The molecule has 25 heavy (non-hydrogen) atoms. The number of amides is 1. The van der Waals surface area contributed by atoms with E-state index < -0.39 is 0 Å². The second-order valence-electron chi connectivity index (χ2n) is 5.80. The van der Waals surface area contributed by atoms with Crippen LogP contribution in [0, 0.1) is 6.92 Å². The number of aromatic nitrogens is 2. The molecule has 0 aliphatic rings. The molecule has 0 saturated heterocycles. The lowest BCUT2D eigenvalue weighted by molar-refractivity contribution is 0.0946. The number of nitrogens with one attached hydrogen (secondary N) is 2. The summed E-state index contributed by atoms with van der Waals surface area (Å²) in [6.07, 6.45) is 0. The first kappa shape index (κ1) is 16.8. The Morgan fingerprint density at radius 3 is 2.72 bits per heavy atom. The van der Waals surface area contributed by atoms with E-state index in [0.29, 0.717) is 18.8 Å². The zero-order valence-corrected chi connectivity index (χ0v) is 14.4. The molecule has 0 spiro atoms. The molecular formula is C20H21N3O2. The van der Waals surface area contributed by atoms with Crippen LogP contribution in [0.4, 0.5) is 0 Å². The van der Waals surface area contributed by atoms with Crippen LogP contribution in [0.25, 0.3) is 11.3 Å². The van der Waals surface area contributed by atoms with E-state index in [9.17, 15) is 4.79 Å². The molecule has 2 N–H and O–H groups in total. The molecule has 0 bridgehead atoms. The average molecular weight is 335 g/mol. The quantitative estimate of drug-likeness (QED) is 0.721. The van der Waals surface area contributed by atoms with Gasteiger partial charge in [-0.15, -0.1) is 0 Å². The Bertz CT molecular complexity index is 853. The Morgan fingerprint density at radius 1 is 1.16 bits per heavy atom. The number of carbonyl (C=O) groups excluding carboxylic acids is 1. The van der Waals surface area contributed by atoms with Crippen LogP contribution in [0.1, 0.15) is 28.5 Å². The Balaban J connectivity index is 1.64. The first-order valence-corrected chi connectivity index (χ1v) is 8.28. The van der Waals surface area contributed by atoms with Crippen molar-refractivity contribution in [3.63, 3.8) is 0 Å². The summed E-state index contributed by atoms with van der Waals surface area (Å²) in [5, 5.41) is 9.92. The first-order valence-electron chi connectivity index (χ1n) is 8.28. The number of benzene rings is 2. The molecule has 0 saturated carbocycles. The van der Waals surface area contributed by atoms with Gasteiger partial charge in [0.25, 0.3) is 5.91 Å². The molecule has 3 aromatic rings. The summed E-state index contributed by atoms with van der Waals surface area (Å²) in [5.74, 6) is 0.616. The summed E-state index contributed by atoms with van der Waals surface area (Å²) >= 11 is 0. The minimum Gasteiger partial charge on any atom is -0.494 e. The summed E-state index contributed by atoms with van der Waals surface area (Å²) in [4.78, 5) is 12.3. The summed E-state index contributed by atoms with van der Waals surface area (Å²) in [6.45, 7) is 5.02. The fourth-order valence-electron chi connectivity index (χ4n) is 2.50. The fraction of sp³-hybridized carbons (Fsp3) is 0.200. The monoisotopic (exact) mass is 335 g/mol. The maximum absolute atomic E-state index is 12.3. The van der Waals surface area contributed by atoms with Gasteiger partial charge in [-0.05, 0) is 37.6 Å². The van der Waals surface area contributed by atoms with E-state index in [-0.39, 0.29) is 5.91 Å². The highest BCUT2D eigenvalue weighted by Crippen LogP contribution is 2.18. The van der Waals surface area contributed by atoms with E-state index in [1.54, 1.807) is 6.07 Å².